The first-order valence-electron chi connectivity index (χ1n) is 12.8. The summed E-state index contributed by atoms with van der Waals surface area (Å²) in [6.07, 6.45) is 13.7. The van der Waals surface area contributed by atoms with Crippen LogP contribution in [-0.4, -0.2) is 47.2 Å². The number of aliphatic imine (C=N–C) groups is 1. The van der Waals surface area contributed by atoms with Crippen molar-refractivity contribution >= 4 is 12.2 Å². The van der Waals surface area contributed by atoms with Gasteiger partial charge in [-0.05, 0) is 105 Å². The Labute approximate surface area is 187 Å². The molecule has 4 fully saturated rings. The van der Waals surface area contributed by atoms with Crippen molar-refractivity contribution in [3.63, 3.8) is 0 Å². The molecule has 4 saturated carbocycles. The summed E-state index contributed by atoms with van der Waals surface area (Å²) < 4.78 is 0. The quantitative estimate of drug-likeness (QED) is 0.408. The summed E-state index contributed by atoms with van der Waals surface area (Å²) in [6.45, 7) is 6.67. The third kappa shape index (κ3) is 3.43. The number of nitrogens with zero attached hydrogens (tertiary/aromatic N) is 2. The molecule has 0 aromatic carbocycles. The van der Waals surface area contributed by atoms with Crippen LogP contribution in [-0.2, 0) is 0 Å². The van der Waals surface area contributed by atoms with Crippen molar-refractivity contribution in [2.45, 2.75) is 96.2 Å². The molecular formula is C25H42N4O2. The zero-order chi connectivity index (χ0) is 21.7. The minimum atomic E-state index is -0.541. The predicted octanol–water partition coefficient (Wildman–Crippen LogP) is 3.44. The first kappa shape index (κ1) is 21.7. The van der Waals surface area contributed by atoms with Crippen molar-refractivity contribution in [2.75, 3.05) is 13.1 Å². The Balaban J connectivity index is 1.28. The molecule has 31 heavy (non-hydrogen) atoms. The highest BCUT2D eigenvalue weighted by molar-refractivity contribution is 5.80. The summed E-state index contributed by atoms with van der Waals surface area (Å²) >= 11 is 0. The van der Waals surface area contributed by atoms with Gasteiger partial charge in [0.1, 0.15) is 0 Å². The van der Waals surface area contributed by atoms with Gasteiger partial charge in [0.25, 0.3) is 0 Å². The van der Waals surface area contributed by atoms with Crippen molar-refractivity contribution in [1.82, 2.24) is 10.7 Å². The van der Waals surface area contributed by atoms with Crippen LogP contribution < -0.4 is 10.7 Å². The molecule has 0 radical (unpaired) electrons. The maximum absolute atomic E-state index is 12.2. The number of fused-ring (bicyclic) bond motifs is 5. The Morgan fingerprint density at radius 2 is 2.00 bits per heavy atom. The molecule has 5 aliphatic rings. The van der Waals surface area contributed by atoms with Gasteiger partial charge in [-0.1, -0.05) is 13.8 Å². The Morgan fingerprint density at radius 3 is 2.81 bits per heavy atom. The molecule has 6 nitrogen and oxygen atoms in total. The molecule has 5 rings (SSSR count). The molecule has 0 spiro atoms. The standard InChI is InChI=1S/C25H42N4O2/c1-23-10-7-19(30)16-18(23)4-5-21-20(23)8-11-24(2)17(6-12-25(21,24)31)9-15-28-29-22-26-13-3-14-27-22/h15,17-21,30-31H,3-14,16H2,1-2H3,(H2,26,27,29)/t17-,18-,19+,20+,21-,23+,24-,25+/m1/s1. The summed E-state index contributed by atoms with van der Waals surface area (Å²) in [5.41, 5.74) is 2.80. The number of nitrogens with one attached hydrogen (secondary N) is 2. The Kier molecular flexibility index (Phi) is 5.61. The van der Waals surface area contributed by atoms with Gasteiger partial charge in [-0.25, -0.2) is 5.43 Å². The van der Waals surface area contributed by atoms with Gasteiger partial charge >= 0.3 is 0 Å². The molecule has 0 aromatic rings. The number of hydrogen-bond donors (Lipinski definition) is 4. The van der Waals surface area contributed by atoms with E-state index in [4.69, 9.17) is 0 Å². The Hall–Kier alpha value is -1.14. The van der Waals surface area contributed by atoms with E-state index in [9.17, 15) is 10.2 Å². The smallest absolute Gasteiger partial charge is 0.212 e. The number of guanidine groups is 1. The molecule has 0 bridgehead atoms. The molecule has 1 aliphatic heterocycles. The first-order chi connectivity index (χ1) is 14.9. The molecule has 1 heterocycles. The Bertz CT molecular complexity index is 741. The molecule has 4 aliphatic carbocycles. The van der Waals surface area contributed by atoms with Crippen LogP contribution in [0.5, 0.6) is 0 Å². The van der Waals surface area contributed by atoms with E-state index >= 15 is 0 Å². The van der Waals surface area contributed by atoms with Gasteiger partial charge in [-0.15, -0.1) is 0 Å². The summed E-state index contributed by atoms with van der Waals surface area (Å²) in [5, 5.41) is 30.1. The molecule has 174 valence electrons. The third-order valence-electron chi connectivity index (χ3n) is 10.6. The highest BCUT2D eigenvalue weighted by Crippen LogP contribution is 2.69. The Morgan fingerprint density at radius 1 is 1.13 bits per heavy atom. The molecule has 8 atom stereocenters. The number of hydrazone groups is 1. The van der Waals surface area contributed by atoms with Gasteiger partial charge in [0.05, 0.1) is 11.7 Å². The summed E-state index contributed by atoms with van der Waals surface area (Å²) in [6, 6.07) is 0. The van der Waals surface area contributed by atoms with Gasteiger partial charge in [-0.2, -0.15) is 5.10 Å². The van der Waals surface area contributed by atoms with Crippen LogP contribution in [0.25, 0.3) is 0 Å². The fourth-order valence-corrected chi connectivity index (χ4v) is 8.59. The fraction of sp³-hybridized carbons (Fsp3) is 0.920. The van der Waals surface area contributed by atoms with E-state index in [0.717, 1.165) is 76.8 Å². The lowest BCUT2D eigenvalue weighted by molar-refractivity contribution is -0.209. The largest absolute Gasteiger partial charge is 0.393 e. The van der Waals surface area contributed by atoms with E-state index in [2.05, 4.69) is 34.7 Å². The van der Waals surface area contributed by atoms with Gasteiger partial charge in [0, 0.05) is 19.3 Å². The van der Waals surface area contributed by atoms with Gasteiger partial charge < -0.3 is 15.5 Å². The van der Waals surface area contributed by atoms with E-state index < -0.39 is 5.60 Å². The summed E-state index contributed by atoms with van der Waals surface area (Å²) in [5.74, 6) is 2.94. The van der Waals surface area contributed by atoms with E-state index in [1.165, 1.54) is 12.8 Å². The molecule has 4 N–H and O–H groups in total. The minimum Gasteiger partial charge on any atom is -0.393 e. The lowest BCUT2D eigenvalue weighted by Gasteiger charge is -2.63. The monoisotopic (exact) mass is 430 g/mol. The van der Waals surface area contributed by atoms with Crippen LogP contribution in [0.1, 0.15) is 84.5 Å². The van der Waals surface area contributed by atoms with Crippen molar-refractivity contribution in [2.24, 2.45) is 44.6 Å². The van der Waals surface area contributed by atoms with Crippen LogP contribution in [0.4, 0.5) is 0 Å². The van der Waals surface area contributed by atoms with Crippen LogP contribution in [0, 0.1) is 34.5 Å². The van der Waals surface area contributed by atoms with Crippen LogP contribution in [0.2, 0.25) is 0 Å². The van der Waals surface area contributed by atoms with Crippen molar-refractivity contribution in [1.29, 1.82) is 0 Å². The average molecular weight is 431 g/mol. The van der Waals surface area contributed by atoms with Crippen LogP contribution >= 0.6 is 0 Å². The predicted molar refractivity (Wildman–Crippen MR) is 124 cm³/mol. The maximum Gasteiger partial charge on any atom is 0.212 e. The minimum absolute atomic E-state index is 0.0157. The highest BCUT2D eigenvalue weighted by Gasteiger charge is 2.66. The lowest BCUT2D eigenvalue weighted by atomic mass is 9.43. The van der Waals surface area contributed by atoms with Crippen molar-refractivity contribution in [3.05, 3.63) is 0 Å². The van der Waals surface area contributed by atoms with Crippen molar-refractivity contribution in [3.8, 4) is 0 Å². The topological polar surface area (TPSA) is 89.2 Å². The van der Waals surface area contributed by atoms with Gasteiger partial charge in [-0.3, -0.25) is 4.99 Å². The second-order valence-electron chi connectivity index (χ2n) is 11.7. The molecule has 0 saturated heterocycles. The lowest BCUT2D eigenvalue weighted by Crippen LogP contribution is -2.62. The number of hydrogen-bond acceptors (Lipinski definition) is 6. The molecule has 0 unspecified atom stereocenters. The van der Waals surface area contributed by atoms with Gasteiger partial charge in [0.2, 0.25) is 5.96 Å². The second kappa shape index (κ2) is 8.02. The van der Waals surface area contributed by atoms with E-state index in [-0.39, 0.29) is 11.5 Å². The zero-order valence-electron chi connectivity index (χ0n) is 19.4. The molecule has 0 amide bonds. The fourth-order valence-electron chi connectivity index (χ4n) is 8.59. The highest BCUT2D eigenvalue weighted by atomic mass is 16.3. The van der Waals surface area contributed by atoms with E-state index in [0.29, 0.717) is 29.1 Å². The second-order valence-corrected chi connectivity index (χ2v) is 11.7. The number of rotatable bonds is 3. The zero-order valence-corrected chi connectivity index (χ0v) is 19.4. The molecule has 6 heteroatoms. The van der Waals surface area contributed by atoms with E-state index in [1.54, 1.807) is 0 Å². The summed E-state index contributed by atoms with van der Waals surface area (Å²) in [7, 11) is 0. The number of aliphatic hydroxyl groups is 2. The van der Waals surface area contributed by atoms with E-state index in [1.807, 2.05) is 6.21 Å². The number of aliphatic hydroxyl groups excluding tert-OH is 1. The normalized spacial score (nSPS) is 49.5. The van der Waals surface area contributed by atoms with Gasteiger partial charge in [0.15, 0.2) is 0 Å². The maximum atomic E-state index is 12.2. The third-order valence-corrected chi connectivity index (χ3v) is 10.6. The first-order valence-corrected chi connectivity index (χ1v) is 12.8. The SMILES string of the molecule is C[C@]12CC[C@H](O)C[C@H]1CC[C@@H]1[C@@H]2CC[C@]2(C)[C@@H](CC=NNC3=NCCCN3)CC[C@]12O. The average Bonchev–Trinajstić information content (AvgIpc) is 3.03. The summed E-state index contributed by atoms with van der Waals surface area (Å²) in [4.78, 5) is 4.40. The van der Waals surface area contributed by atoms with Crippen LogP contribution in [0.3, 0.4) is 0 Å². The van der Waals surface area contributed by atoms with Crippen LogP contribution in [0.15, 0.2) is 10.1 Å². The molecular weight excluding hydrogens is 388 g/mol. The van der Waals surface area contributed by atoms with Crippen molar-refractivity contribution < 1.29 is 10.2 Å². The molecule has 0 aromatic heterocycles.